The van der Waals surface area contributed by atoms with Crippen molar-refractivity contribution in [3.8, 4) is 5.69 Å². The molecule has 0 aliphatic rings. The fraction of sp³-hybridized carbons (Fsp3) is 0.433. The summed E-state index contributed by atoms with van der Waals surface area (Å²) in [5.41, 5.74) is 6.73. The van der Waals surface area contributed by atoms with Crippen molar-refractivity contribution < 1.29 is 104 Å². The van der Waals surface area contributed by atoms with Crippen molar-refractivity contribution in [3.63, 3.8) is 0 Å². The number of nitrogens with one attached hydrogen (secondary N) is 3. The average molecular weight is 1530 g/mol. The van der Waals surface area contributed by atoms with Gasteiger partial charge in [0.2, 0.25) is 6.29 Å². The number of rotatable bonds is 15. The van der Waals surface area contributed by atoms with Gasteiger partial charge in [-0.1, -0.05) is 15.9 Å². The van der Waals surface area contributed by atoms with Crippen molar-refractivity contribution in [1.82, 2.24) is 34.5 Å². The maximum Gasteiger partial charge on any atom is 0.519 e. The van der Waals surface area contributed by atoms with E-state index in [2.05, 4.69) is 70.7 Å². The van der Waals surface area contributed by atoms with Gasteiger partial charge in [-0.15, -0.1) is 0 Å². The number of anilines is 4. The van der Waals surface area contributed by atoms with E-state index in [1.807, 2.05) is 32.9 Å². The first-order valence-corrected chi connectivity index (χ1v) is 32.1. The largest absolute Gasteiger partial charge is 0.519 e. The number of hydrogen-bond donors (Lipinski definition) is 4. The highest BCUT2D eigenvalue weighted by Gasteiger charge is 2.27. The number of carbonyl (C=O) groups is 10. The van der Waals surface area contributed by atoms with Crippen molar-refractivity contribution >= 4 is 112 Å². The SMILES string of the molecule is CC(=O)c1c[nH]c(=S)n1-c1cccnc1.CC(C)(C)OC(=O)Nc1cccnc1.CC(C)(C)OC(=O)OC(=O)OC(C)(C)C.CCOC(=O)CBr.CCOC(=O)CN(C(=O)OC(C)(C)C)c1cccnc1.CCOC(=O)CNc1cccnc1.CCOC=O.Nc1cccnc1.O=CC(F)(F)F. The van der Waals surface area contributed by atoms with E-state index in [9.17, 15) is 56.3 Å². The summed E-state index contributed by atoms with van der Waals surface area (Å²) in [6.07, 6.45) is 8.95. The van der Waals surface area contributed by atoms with Crippen LogP contribution in [-0.2, 0) is 66.6 Å². The summed E-state index contributed by atoms with van der Waals surface area (Å²) in [4.78, 5) is 131. The Morgan fingerprint density at radius 1 is 0.598 bits per heavy atom. The molecular formula is C67H93BrF3N11O19S. The Hall–Kier alpha value is -10.5. The molecule has 35 heteroatoms. The number of H-pyrrole nitrogens is 1. The van der Waals surface area contributed by atoms with E-state index in [0.717, 1.165) is 11.4 Å². The molecular weight excluding hydrogens is 1430 g/mol. The van der Waals surface area contributed by atoms with Crippen LogP contribution in [0.3, 0.4) is 0 Å². The van der Waals surface area contributed by atoms with Gasteiger partial charge in [0.05, 0.1) is 73.5 Å². The number of nitrogen functional groups attached to an aromatic ring is 1. The van der Waals surface area contributed by atoms with Crippen molar-refractivity contribution in [2.45, 2.75) is 146 Å². The molecule has 6 rings (SSSR count). The number of pyridine rings is 5. The number of aromatic amines is 1. The van der Waals surface area contributed by atoms with E-state index < -0.39 is 65.3 Å². The van der Waals surface area contributed by atoms with Gasteiger partial charge in [-0.25, -0.2) is 19.2 Å². The number of aldehydes is 1. The normalized spacial score (nSPS) is 10.2. The Labute approximate surface area is 604 Å². The van der Waals surface area contributed by atoms with Crippen molar-refractivity contribution in [3.05, 3.63) is 139 Å². The summed E-state index contributed by atoms with van der Waals surface area (Å²) in [5.74, 6) is -0.998. The summed E-state index contributed by atoms with van der Waals surface area (Å²) in [5, 5.41) is 5.76. The molecule has 0 unspecified atom stereocenters. The summed E-state index contributed by atoms with van der Waals surface area (Å²) < 4.78 is 75.8. The number of aromatic nitrogens is 7. The lowest BCUT2D eigenvalue weighted by Gasteiger charge is -2.26. The number of ketones is 1. The number of nitrogens with zero attached hydrogens (tertiary/aromatic N) is 7. The van der Waals surface area contributed by atoms with Crippen LogP contribution in [0.25, 0.3) is 5.69 Å². The lowest BCUT2D eigenvalue weighted by Crippen LogP contribution is -2.40. The minimum absolute atomic E-state index is 0.0359. The predicted octanol–water partition coefficient (Wildman–Crippen LogP) is 13.4. The molecule has 0 saturated heterocycles. The number of hydrogen-bond acceptors (Lipinski definition) is 27. The summed E-state index contributed by atoms with van der Waals surface area (Å²) in [6, 6.07) is 17.7. The second-order valence-electron chi connectivity index (χ2n) is 22.9. The van der Waals surface area contributed by atoms with Crippen LogP contribution in [-0.4, -0.2) is 169 Å². The van der Waals surface area contributed by atoms with Crippen LogP contribution < -0.4 is 21.3 Å². The first-order chi connectivity index (χ1) is 47.5. The molecule has 0 aliphatic carbocycles. The Morgan fingerprint density at radius 2 is 1.04 bits per heavy atom. The highest BCUT2D eigenvalue weighted by molar-refractivity contribution is 9.09. The third-order valence-electron chi connectivity index (χ3n) is 9.33. The van der Waals surface area contributed by atoms with E-state index in [-0.39, 0.29) is 37.4 Å². The Balaban J connectivity index is -0.00000111. The molecule has 0 fully saturated rings. The van der Waals surface area contributed by atoms with Crippen molar-refractivity contribution in [2.24, 2.45) is 0 Å². The number of alkyl halides is 4. The quantitative estimate of drug-likeness (QED) is 0.0141. The summed E-state index contributed by atoms with van der Waals surface area (Å²) in [6.45, 7) is 31.3. The molecule has 564 valence electrons. The zero-order valence-corrected chi connectivity index (χ0v) is 62.5. The number of nitrogens with two attached hydrogens (primary N) is 1. The van der Waals surface area contributed by atoms with Gasteiger partial charge in [0.15, 0.2) is 10.6 Å². The smallest absolute Gasteiger partial charge is 0.468 e. The molecule has 6 heterocycles. The number of carbonyl (C=O) groups excluding carboxylic acids is 10. The number of ether oxygens (including phenoxy) is 9. The molecule has 0 aromatic carbocycles. The fourth-order valence-corrected chi connectivity index (χ4v) is 6.19. The average Bonchev–Trinajstić information content (AvgIpc) is 1.65. The standard InChI is InChI=1S/C14H20N2O4.C10H9N3OS.C10H14N2O2.C10H18O5.C9H12N2O2.C5H6N2.C4H7BrO2.C3H6O2.C2HF3O/c1-5-19-12(17)10-16(11-7-6-8-15-9-11)13(18)20-14(2,3)4;1-7(14)9-6-12-10(15)13(9)8-3-2-4-11-5-8;1-10(2,3)14-9(13)12-8-5-4-6-11-7-8;1-9(2,3)14-7(11)13-8(12)15-10(4,5)6;1-2-13-9(12)7-11-8-4-3-5-10-6-8;6-5-2-1-3-7-4-5;1-2-7-4(6)3-5;1-2-5-3-4;3-2(4,5)1-6/h6-9H,5,10H2,1-4H3;2-6H,1H3,(H,12,15);4-7H,1-3H3,(H,12,13);1-6H3;3-6,11H,2,7H2,1H3;1-4H,6H2;2-3H2,1H3;3H,2H2,1H3;1H. The van der Waals surface area contributed by atoms with E-state index in [0.29, 0.717) is 59.2 Å². The minimum atomic E-state index is -4.64. The summed E-state index contributed by atoms with van der Waals surface area (Å²) >= 11 is 8.04. The maximum absolute atomic E-state index is 12.2. The first-order valence-electron chi connectivity index (χ1n) is 30.6. The minimum Gasteiger partial charge on any atom is -0.468 e. The molecule has 0 aliphatic heterocycles. The number of Topliss-reactive ketones (excluding diaryl/α,β-unsaturated/α-hetero) is 1. The Bertz CT molecular complexity index is 3390. The summed E-state index contributed by atoms with van der Waals surface area (Å²) in [7, 11) is 0. The van der Waals surface area contributed by atoms with E-state index in [1.165, 1.54) is 18.0 Å². The second kappa shape index (κ2) is 52.6. The van der Waals surface area contributed by atoms with Gasteiger partial charge in [0, 0.05) is 56.5 Å². The van der Waals surface area contributed by atoms with E-state index in [4.69, 9.17) is 51.2 Å². The van der Waals surface area contributed by atoms with E-state index >= 15 is 0 Å². The fourth-order valence-electron chi connectivity index (χ4n) is 5.76. The molecule has 0 bridgehead atoms. The number of esters is 3. The van der Waals surface area contributed by atoms with E-state index in [1.54, 1.807) is 205 Å². The molecule has 0 spiro atoms. The zero-order chi connectivity index (χ0) is 78.5. The number of amides is 2. The Kier molecular flexibility index (Phi) is 49.3. The highest BCUT2D eigenvalue weighted by atomic mass is 79.9. The van der Waals surface area contributed by atoms with Gasteiger partial charge < -0.3 is 58.7 Å². The van der Waals surface area contributed by atoms with Gasteiger partial charge in [-0.05, 0) is 184 Å². The molecule has 30 nitrogen and oxygen atoms in total. The van der Waals surface area contributed by atoms with Crippen LogP contribution in [0, 0.1) is 4.77 Å². The number of halogens is 4. The van der Waals surface area contributed by atoms with Crippen LogP contribution in [0.1, 0.15) is 128 Å². The second-order valence-corrected chi connectivity index (χ2v) is 23.8. The molecule has 2 amide bonds. The monoisotopic (exact) mass is 1520 g/mol. The highest BCUT2D eigenvalue weighted by Crippen LogP contribution is 2.18. The van der Waals surface area contributed by atoms with Crippen LogP contribution in [0.5, 0.6) is 0 Å². The molecule has 0 radical (unpaired) electrons. The van der Waals surface area contributed by atoms with Gasteiger partial charge >= 0.3 is 48.6 Å². The number of imidazole rings is 1. The lowest BCUT2D eigenvalue weighted by molar-refractivity contribution is -0.156. The topological polar surface area (TPSA) is 392 Å². The Morgan fingerprint density at radius 3 is 1.38 bits per heavy atom. The van der Waals surface area contributed by atoms with Crippen LogP contribution in [0.15, 0.2) is 129 Å². The molecule has 0 saturated carbocycles. The van der Waals surface area contributed by atoms with Gasteiger partial charge in [-0.2, -0.15) is 13.2 Å². The van der Waals surface area contributed by atoms with Crippen LogP contribution in [0.2, 0.25) is 0 Å². The van der Waals surface area contributed by atoms with Crippen LogP contribution in [0.4, 0.5) is 55.1 Å². The third kappa shape index (κ3) is 56.4. The maximum atomic E-state index is 12.2. The molecule has 6 aromatic heterocycles. The predicted molar refractivity (Wildman–Crippen MR) is 379 cm³/mol. The van der Waals surface area contributed by atoms with Gasteiger partial charge in [-0.3, -0.25) is 68.5 Å². The van der Waals surface area contributed by atoms with Gasteiger partial charge in [0.1, 0.15) is 46.5 Å². The molecule has 102 heavy (non-hydrogen) atoms. The third-order valence-corrected chi connectivity index (χ3v) is 10.1. The van der Waals surface area contributed by atoms with Gasteiger partial charge in [0.25, 0.3) is 6.47 Å². The molecule has 0 atom stereocenters. The van der Waals surface area contributed by atoms with Crippen LogP contribution >= 0.6 is 28.1 Å². The lowest BCUT2D eigenvalue weighted by atomic mass is 10.2. The molecule has 5 N–H and O–H groups in total. The first kappa shape index (κ1) is 95.7. The van der Waals surface area contributed by atoms with Crippen molar-refractivity contribution in [1.29, 1.82) is 0 Å². The zero-order valence-electron chi connectivity index (χ0n) is 60.1. The van der Waals surface area contributed by atoms with Crippen molar-refractivity contribution in [2.75, 3.05) is 66.1 Å². The molecule has 6 aromatic rings.